The summed E-state index contributed by atoms with van der Waals surface area (Å²) < 4.78 is 5.12. The summed E-state index contributed by atoms with van der Waals surface area (Å²) in [5.41, 5.74) is 6.63. The number of nitrogens with zero attached hydrogens (tertiary/aromatic N) is 1. The molecule has 0 spiro atoms. The number of para-hydroxylation sites is 1. The number of nitrogens with one attached hydrogen (secondary N) is 1. The van der Waals surface area contributed by atoms with Gasteiger partial charge in [0.15, 0.2) is 5.76 Å². The van der Waals surface area contributed by atoms with E-state index in [9.17, 15) is 9.59 Å². The summed E-state index contributed by atoms with van der Waals surface area (Å²) in [6, 6.07) is 10.2. The molecule has 24 heavy (non-hydrogen) atoms. The molecule has 0 aliphatic heterocycles. The summed E-state index contributed by atoms with van der Waals surface area (Å²) in [7, 11) is 1.61. The van der Waals surface area contributed by atoms with E-state index in [1.54, 1.807) is 43.4 Å². The number of anilines is 1. The number of furan rings is 1. The van der Waals surface area contributed by atoms with E-state index in [0.29, 0.717) is 24.2 Å². The van der Waals surface area contributed by atoms with E-state index >= 15 is 0 Å². The molecule has 7 heteroatoms. The molecular weight excluding hydrogens is 330 g/mol. The first kappa shape index (κ1) is 19.7. The van der Waals surface area contributed by atoms with Crippen molar-refractivity contribution in [2.24, 2.45) is 5.73 Å². The van der Waals surface area contributed by atoms with Crippen LogP contribution in [0.2, 0.25) is 0 Å². The average Bonchev–Trinajstić information content (AvgIpc) is 3.07. The predicted octanol–water partition coefficient (Wildman–Crippen LogP) is 2.45. The molecule has 3 N–H and O–H groups in total. The van der Waals surface area contributed by atoms with Crippen molar-refractivity contribution >= 4 is 29.9 Å². The van der Waals surface area contributed by atoms with Gasteiger partial charge in [0, 0.05) is 19.6 Å². The molecule has 0 aliphatic rings. The van der Waals surface area contributed by atoms with Gasteiger partial charge in [-0.2, -0.15) is 0 Å². The van der Waals surface area contributed by atoms with Gasteiger partial charge in [-0.15, -0.1) is 12.4 Å². The Hall–Kier alpha value is -2.31. The first-order valence-electron chi connectivity index (χ1n) is 7.45. The zero-order valence-corrected chi connectivity index (χ0v) is 14.5. The van der Waals surface area contributed by atoms with E-state index in [1.807, 2.05) is 6.92 Å². The lowest BCUT2D eigenvalue weighted by molar-refractivity contribution is 0.0953. The molecule has 2 amide bonds. The van der Waals surface area contributed by atoms with Crippen LogP contribution in [0.1, 0.15) is 34.3 Å². The minimum Gasteiger partial charge on any atom is -0.459 e. The van der Waals surface area contributed by atoms with Gasteiger partial charge >= 0.3 is 0 Å². The van der Waals surface area contributed by atoms with Crippen LogP contribution in [-0.2, 0) is 0 Å². The summed E-state index contributed by atoms with van der Waals surface area (Å²) in [6.45, 7) is 2.37. The van der Waals surface area contributed by atoms with Crippen LogP contribution < -0.4 is 16.0 Å². The van der Waals surface area contributed by atoms with Gasteiger partial charge < -0.3 is 20.4 Å². The van der Waals surface area contributed by atoms with Gasteiger partial charge in [0.05, 0.1) is 17.5 Å². The maximum absolute atomic E-state index is 12.4. The molecule has 2 rings (SSSR count). The van der Waals surface area contributed by atoms with Crippen molar-refractivity contribution in [3.05, 3.63) is 54.0 Å². The first-order valence-corrected chi connectivity index (χ1v) is 7.45. The fraction of sp³-hybridized carbons (Fsp3) is 0.294. The van der Waals surface area contributed by atoms with E-state index in [-0.39, 0.29) is 36.0 Å². The van der Waals surface area contributed by atoms with Crippen LogP contribution in [0.15, 0.2) is 47.1 Å². The predicted molar refractivity (Wildman–Crippen MR) is 95.7 cm³/mol. The van der Waals surface area contributed by atoms with Crippen molar-refractivity contribution in [1.29, 1.82) is 0 Å². The Morgan fingerprint density at radius 1 is 1.25 bits per heavy atom. The SMILES string of the molecule is CC(N)CCNC(=O)c1ccccc1N(C)C(=O)c1ccco1.Cl. The monoisotopic (exact) mass is 351 g/mol. The number of carbonyl (C=O) groups excluding carboxylic acids is 2. The van der Waals surface area contributed by atoms with Gasteiger partial charge in [-0.1, -0.05) is 12.1 Å². The number of rotatable bonds is 6. The van der Waals surface area contributed by atoms with Crippen molar-refractivity contribution in [2.75, 3.05) is 18.5 Å². The van der Waals surface area contributed by atoms with Crippen LogP contribution in [0.4, 0.5) is 5.69 Å². The van der Waals surface area contributed by atoms with Gasteiger partial charge in [-0.05, 0) is 37.6 Å². The first-order chi connectivity index (χ1) is 11.0. The lowest BCUT2D eigenvalue weighted by atomic mass is 10.1. The minimum absolute atomic E-state index is 0. The smallest absolute Gasteiger partial charge is 0.293 e. The van der Waals surface area contributed by atoms with E-state index < -0.39 is 0 Å². The van der Waals surface area contributed by atoms with Crippen LogP contribution in [-0.4, -0.2) is 31.4 Å². The Kier molecular flexibility index (Phi) is 7.48. The number of amides is 2. The lowest BCUT2D eigenvalue weighted by Gasteiger charge is -2.19. The zero-order valence-electron chi connectivity index (χ0n) is 13.7. The quantitative estimate of drug-likeness (QED) is 0.836. The number of benzene rings is 1. The van der Waals surface area contributed by atoms with Crippen LogP contribution in [0.25, 0.3) is 0 Å². The highest BCUT2D eigenvalue weighted by atomic mass is 35.5. The summed E-state index contributed by atoms with van der Waals surface area (Å²) in [5.74, 6) is -0.328. The molecule has 6 nitrogen and oxygen atoms in total. The van der Waals surface area contributed by atoms with Crippen LogP contribution in [0.3, 0.4) is 0 Å². The van der Waals surface area contributed by atoms with Crippen molar-refractivity contribution < 1.29 is 14.0 Å². The van der Waals surface area contributed by atoms with Gasteiger partial charge in [0.2, 0.25) is 0 Å². The third-order valence-electron chi connectivity index (χ3n) is 3.43. The Bertz CT molecular complexity index is 671. The van der Waals surface area contributed by atoms with E-state index in [2.05, 4.69) is 5.32 Å². The standard InChI is InChI=1S/C17H21N3O3.ClH/c1-12(18)9-10-19-16(21)13-6-3-4-7-14(13)20(2)17(22)15-8-5-11-23-15;/h3-8,11-12H,9-10,18H2,1-2H3,(H,19,21);1H. The largest absolute Gasteiger partial charge is 0.459 e. The van der Waals surface area contributed by atoms with Crippen molar-refractivity contribution in [3.8, 4) is 0 Å². The third-order valence-corrected chi connectivity index (χ3v) is 3.43. The molecule has 2 aromatic rings. The molecule has 1 heterocycles. The van der Waals surface area contributed by atoms with E-state index in [4.69, 9.17) is 10.2 Å². The van der Waals surface area contributed by atoms with Crippen molar-refractivity contribution in [3.63, 3.8) is 0 Å². The van der Waals surface area contributed by atoms with Crippen LogP contribution in [0, 0.1) is 0 Å². The fourth-order valence-corrected chi connectivity index (χ4v) is 2.14. The molecule has 1 aromatic carbocycles. The Balaban J connectivity index is 0.00000288. The number of halogens is 1. The molecule has 0 aliphatic carbocycles. The summed E-state index contributed by atoms with van der Waals surface area (Å²) in [6.07, 6.45) is 2.13. The summed E-state index contributed by atoms with van der Waals surface area (Å²) in [5, 5.41) is 2.82. The van der Waals surface area contributed by atoms with E-state index in [0.717, 1.165) is 0 Å². The molecule has 1 atom stereocenters. The topological polar surface area (TPSA) is 88.6 Å². The number of hydrogen-bond acceptors (Lipinski definition) is 4. The van der Waals surface area contributed by atoms with Gasteiger partial charge in [-0.25, -0.2) is 0 Å². The second-order valence-corrected chi connectivity index (χ2v) is 5.38. The van der Waals surface area contributed by atoms with Gasteiger partial charge in [-0.3, -0.25) is 9.59 Å². The Labute approximate surface area is 147 Å². The summed E-state index contributed by atoms with van der Waals surface area (Å²) >= 11 is 0. The maximum Gasteiger partial charge on any atom is 0.293 e. The van der Waals surface area contributed by atoms with Gasteiger partial charge in [0.25, 0.3) is 11.8 Å². The molecule has 1 unspecified atom stereocenters. The molecule has 0 radical (unpaired) electrons. The number of carbonyl (C=O) groups is 2. The number of hydrogen-bond donors (Lipinski definition) is 2. The lowest BCUT2D eigenvalue weighted by Crippen LogP contribution is -2.32. The van der Waals surface area contributed by atoms with Crippen molar-refractivity contribution in [1.82, 2.24) is 5.32 Å². The second-order valence-electron chi connectivity index (χ2n) is 5.38. The molecule has 0 bridgehead atoms. The highest BCUT2D eigenvalue weighted by Crippen LogP contribution is 2.21. The maximum atomic E-state index is 12.4. The molecule has 0 saturated carbocycles. The summed E-state index contributed by atoms with van der Waals surface area (Å²) in [4.78, 5) is 26.1. The van der Waals surface area contributed by atoms with Crippen LogP contribution in [0.5, 0.6) is 0 Å². The minimum atomic E-state index is -0.314. The molecular formula is C17H22ClN3O3. The molecule has 0 fully saturated rings. The normalized spacial score (nSPS) is 11.3. The van der Waals surface area contributed by atoms with Crippen LogP contribution >= 0.6 is 12.4 Å². The second kappa shape index (κ2) is 9.10. The third kappa shape index (κ3) is 4.84. The number of nitrogens with two attached hydrogens (primary N) is 1. The fourth-order valence-electron chi connectivity index (χ4n) is 2.14. The highest BCUT2D eigenvalue weighted by molar-refractivity contribution is 6.09. The zero-order chi connectivity index (χ0) is 16.8. The van der Waals surface area contributed by atoms with Crippen molar-refractivity contribution in [2.45, 2.75) is 19.4 Å². The molecule has 1 aromatic heterocycles. The molecule has 130 valence electrons. The molecule has 0 saturated heterocycles. The van der Waals surface area contributed by atoms with Gasteiger partial charge in [0.1, 0.15) is 0 Å². The Morgan fingerprint density at radius 2 is 1.96 bits per heavy atom. The highest BCUT2D eigenvalue weighted by Gasteiger charge is 2.20. The Morgan fingerprint density at radius 3 is 2.58 bits per heavy atom. The van der Waals surface area contributed by atoms with E-state index in [1.165, 1.54) is 11.2 Å². The average molecular weight is 352 g/mol.